The zero-order chi connectivity index (χ0) is 14.8. The lowest BCUT2D eigenvalue weighted by Crippen LogP contribution is -2.45. The number of likely N-dealkylation sites (tertiary alicyclic amines) is 1. The van der Waals surface area contributed by atoms with Gasteiger partial charge >= 0.3 is 0 Å². The van der Waals surface area contributed by atoms with Crippen LogP contribution in [0.2, 0.25) is 0 Å². The summed E-state index contributed by atoms with van der Waals surface area (Å²) in [6.45, 7) is 4.75. The number of piperidine rings is 1. The van der Waals surface area contributed by atoms with Crippen LogP contribution in [0.1, 0.15) is 49.3 Å². The first kappa shape index (κ1) is 15.0. The Kier molecular flexibility index (Phi) is 4.60. The normalized spacial score (nSPS) is 28.1. The van der Waals surface area contributed by atoms with Crippen molar-refractivity contribution in [2.24, 2.45) is 17.6 Å². The van der Waals surface area contributed by atoms with Crippen molar-refractivity contribution in [1.82, 2.24) is 4.90 Å². The Morgan fingerprint density at radius 1 is 1.24 bits per heavy atom. The van der Waals surface area contributed by atoms with Gasteiger partial charge in [0.1, 0.15) is 5.82 Å². The highest BCUT2D eigenvalue weighted by molar-refractivity contribution is 5.27. The molecule has 3 rings (SSSR count). The molecule has 1 aromatic carbocycles. The first-order valence-corrected chi connectivity index (χ1v) is 8.39. The fourth-order valence-corrected chi connectivity index (χ4v) is 4.28. The molecule has 2 aliphatic rings. The van der Waals surface area contributed by atoms with E-state index in [0.29, 0.717) is 6.54 Å². The Bertz CT molecular complexity index is 488. The van der Waals surface area contributed by atoms with Crippen molar-refractivity contribution in [3.8, 4) is 0 Å². The Balaban J connectivity index is 1.75. The predicted molar refractivity (Wildman–Crippen MR) is 84.6 cm³/mol. The lowest BCUT2D eigenvalue weighted by Gasteiger charge is -2.44. The Hall–Kier alpha value is -0.930. The molecule has 116 valence electrons. The van der Waals surface area contributed by atoms with Gasteiger partial charge in [0.15, 0.2) is 0 Å². The average molecular weight is 290 g/mol. The SMILES string of the molecule is Cc1cc(C(CN)N2CCC3CCCCC3C2)ccc1F. The van der Waals surface area contributed by atoms with E-state index in [0.717, 1.165) is 23.9 Å². The lowest BCUT2D eigenvalue weighted by atomic mass is 9.74. The van der Waals surface area contributed by atoms with Crippen molar-refractivity contribution < 1.29 is 4.39 Å². The maximum Gasteiger partial charge on any atom is 0.126 e. The van der Waals surface area contributed by atoms with Crippen molar-refractivity contribution >= 4 is 0 Å². The third-order valence-electron chi connectivity index (χ3n) is 5.55. The third kappa shape index (κ3) is 3.14. The number of nitrogens with zero attached hydrogens (tertiary/aromatic N) is 1. The number of aryl methyl sites for hydroxylation is 1. The van der Waals surface area contributed by atoms with Crippen LogP contribution in [0, 0.1) is 24.6 Å². The van der Waals surface area contributed by atoms with Crippen LogP contribution >= 0.6 is 0 Å². The van der Waals surface area contributed by atoms with Gasteiger partial charge in [0.05, 0.1) is 0 Å². The van der Waals surface area contributed by atoms with Gasteiger partial charge in [0.25, 0.3) is 0 Å². The first-order valence-electron chi connectivity index (χ1n) is 8.39. The number of rotatable bonds is 3. The molecule has 0 amide bonds. The average Bonchev–Trinajstić information content (AvgIpc) is 2.51. The van der Waals surface area contributed by atoms with E-state index in [-0.39, 0.29) is 11.9 Å². The van der Waals surface area contributed by atoms with E-state index in [1.807, 2.05) is 19.1 Å². The van der Waals surface area contributed by atoms with Crippen LogP contribution < -0.4 is 5.73 Å². The summed E-state index contributed by atoms with van der Waals surface area (Å²) in [5.41, 5.74) is 7.95. The number of hydrogen-bond donors (Lipinski definition) is 1. The molecule has 1 heterocycles. The van der Waals surface area contributed by atoms with Crippen LogP contribution in [-0.4, -0.2) is 24.5 Å². The predicted octanol–water partition coefficient (Wildman–Crippen LogP) is 3.65. The van der Waals surface area contributed by atoms with Gasteiger partial charge in [0.2, 0.25) is 0 Å². The van der Waals surface area contributed by atoms with Crippen molar-refractivity contribution in [2.75, 3.05) is 19.6 Å². The summed E-state index contributed by atoms with van der Waals surface area (Å²) in [4.78, 5) is 2.54. The molecule has 1 aliphatic heterocycles. The summed E-state index contributed by atoms with van der Waals surface area (Å²) in [5, 5.41) is 0. The molecule has 0 bridgehead atoms. The summed E-state index contributed by atoms with van der Waals surface area (Å²) in [5.74, 6) is 1.66. The maximum atomic E-state index is 13.5. The highest BCUT2D eigenvalue weighted by atomic mass is 19.1. The molecule has 1 aromatic rings. The highest BCUT2D eigenvalue weighted by Gasteiger charge is 2.33. The van der Waals surface area contributed by atoms with E-state index >= 15 is 0 Å². The van der Waals surface area contributed by atoms with E-state index in [9.17, 15) is 4.39 Å². The van der Waals surface area contributed by atoms with Crippen LogP contribution in [0.4, 0.5) is 4.39 Å². The van der Waals surface area contributed by atoms with Gasteiger partial charge in [-0.1, -0.05) is 31.4 Å². The molecule has 0 radical (unpaired) electrons. The number of benzene rings is 1. The standard InChI is InChI=1S/C18H27FN2/c1-13-10-15(6-7-17(13)19)18(11-20)21-9-8-14-4-2-3-5-16(14)12-21/h6-7,10,14,16,18H,2-5,8-9,11-12,20H2,1H3. The number of halogens is 1. The number of hydrogen-bond acceptors (Lipinski definition) is 2. The quantitative estimate of drug-likeness (QED) is 0.921. The fraction of sp³-hybridized carbons (Fsp3) is 0.667. The molecule has 2 nitrogen and oxygen atoms in total. The maximum absolute atomic E-state index is 13.5. The van der Waals surface area contributed by atoms with Crippen molar-refractivity contribution in [1.29, 1.82) is 0 Å². The Morgan fingerprint density at radius 2 is 2.00 bits per heavy atom. The van der Waals surface area contributed by atoms with Gasteiger partial charge < -0.3 is 5.73 Å². The van der Waals surface area contributed by atoms with Crippen LogP contribution in [0.25, 0.3) is 0 Å². The minimum Gasteiger partial charge on any atom is -0.329 e. The van der Waals surface area contributed by atoms with Gasteiger partial charge in [-0.2, -0.15) is 0 Å². The third-order valence-corrected chi connectivity index (χ3v) is 5.55. The van der Waals surface area contributed by atoms with Gasteiger partial charge in [-0.15, -0.1) is 0 Å². The molecule has 2 N–H and O–H groups in total. The second-order valence-electron chi connectivity index (χ2n) is 6.85. The molecule has 0 aromatic heterocycles. The van der Waals surface area contributed by atoms with E-state index in [1.54, 1.807) is 6.07 Å². The van der Waals surface area contributed by atoms with Crippen molar-refractivity contribution in [3.05, 3.63) is 35.1 Å². The number of fused-ring (bicyclic) bond motifs is 1. The molecule has 3 unspecified atom stereocenters. The molecular weight excluding hydrogens is 263 g/mol. The van der Waals surface area contributed by atoms with Crippen LogP contribution in [0.15, 0.2) is 18.2 Å². The van der Waals surface area contributed by atoms with E-state index in [2.05, 4.69) is 4.90 Å². The molecule has 3 atom stereocenters. The fourth-order valence-electron chi connectivity index (χ4n) is 4.28. The zero-order valence-corrected chi connectivity index (χ0v) is 13.0. The lowest BCUT2D eigenvalue weighted by molar-refractivity contribution is 0.0586. The van der Waals surface area contributed by atoms with Gasteiger partial charge in [-0.25, -0.2) is 4.39 Å². The Labute approximate surface area is 127 Å². The largest absolute Gasteiger partial charge is 0.329 e. The molecule has 1 saturated carbocycles. The van der Waals surface area contributed by atoms with Crippen LogP contribution in [0.5, 0.6) is 0 Å². The van der Waals surface area contributed by atoms with Crippen molar-refractivity contribution in [2.45, 2.75) is 45.1 Å². The second kappa shape index (κ2) is 6.45. The second-order valence-corrected chi connectivity index (χ2v) is 6.85. The van der Waals surface area contributed by atoms with Crippen LogP contribution in [0.3, 0.4) is 0 Å². The van der Waals surface area contributed by atoms with E-state index in [1.165, 1.54) is 44.2 Å². The molecule has 1 aliphatic carbocycles. The minimum atomic E-state index is -0.125. The van der Waals surface area contributed by atoms with E-state index < -0.39 is 0 Å². The van der Waals surface area contributed by atoms with Crippen molar-refractivity contribution in [3.63, 3.8) is 0 Å². The molecular formula is C18H27FN2. The smallest absolute Gasteiger partial charge is 0.126 e. The van der Waals surface area contributed by atoms with E-state index in [4.69, 9.17) is 5.73 Å². The molecule has 2 fully saturated rings. The summed E-state index contributed by atoms with van der Waals surface area (Å²) in [7, 11) is 0. The molecule has 3 heteroatoms. The van der Waals surface area contributed by atoms with Crippen LogP contribution in [-0.2, 0) is 0 Å². The monoisotopic (exact) mass is 290 g/mol. The summed E-state index contributed by atoms with van der Waals surface area (Å²) in [6.07, 6.45) is 6.90. The summed E-state index contributed by atoms with van der Waals surface area (Å²) < 4.78 is 13.5. The minimum absolute atomic E-state index is 0.125. The van der Waals surface area contributed by atoms with Gasteiger partial charge in [0, 0.05) is 19.1 Å². The first-order chi connectivity index (χ1) is 10.2. The summed E-state index contributed by atoms with van der Waals surface area (Å²) >= 11 is 0. The highest BCUT2D eigenvalue weighted by Crippen LogP contribution is 2.38. The topological polar surface area (TPSA) is 29.3 Å². The number of nitrogens with two attached hydrogens (primary N) is 1. The molecule has 1 saturated heterocycles. The molecule has 21 heavy (non-hydrogen) atoms. The summed E-state index contributed by atoms with van der Waals surface area (Å²) in [6, 6.07) is 5.71. The van der Waals surface area contributed by atoms with Gasteiger partial charge in [-0.3, -0.25) is 4.90 Å². The zero-order valence-electron chi connectivity index (χ0n) is 13.0. The van der Waals surface area contributed by atoms with Gasteiger partial charge in [-0.05, 0) is 55.3 Å². The molecule has 0 spiro atoms. The Morgan fingerprint density at radius 3 is 2.71 bits per heavy atom.